The summed E-state index contributed by atoms with van der Waals surface area (Å²) < 4.78 is 0. The number of aromatic nitrogens is 3. The predicted molar refractivity (Wildman–Crippen MR) is 97.1 cm³/mol. The molecule has 1 atom stereocenters. The Kier molecular flexibility index (Phi) is 4.87. The van der Waals surface area contributed by atoms with Gasteiger partial charge in [-0.25, -0.2) is 4.98 Å². The van der Waals surface area contributed by atoms with E-state index in [-0.39, 0.29) is 23.8 Å². The highest BCUT2D eigenvalue weighted by atomic mass is 16.1. The maximum Gasteiger partial charge on any atom is 0.227 e. The second-order valence-corrected chi connectivity index (χ2v) is 6.83. The van der Waals surface area contributed by atoms with Gasteiger partial charge in [-0.15, -0.1) is 0 Å². The van der Waals surface area contributed by atoms with Crippen molar-refractivity contribution in [2.45, 2.75) is 38.6 Å². The molecule has 0 bridgehead atoms. The number of guanidine groups is 1. The van der Waals surface area contributed by atoms with Gasteiger partial charge in [0.15, 0.2) is 11.6 Å². The first-order valence-electron chi connectivity index (χ1n) is 8.63. The van der Waals surface area contributed by atoms with Crippen LogP contribution < -0.4 is 11.1 Å². The van der Waals surface area contributed by atoms with E-state index < -0.39 is 0 Å². The summed E-state index contributed by atoms with van der Waals surface area (Å²) in [5, 5.41) is 18.2. The second-order valence-electron chi connectivity index (χ2n) is 6.83. The minimum atomic E-state index is 0.0150. The van der Waals surface area contributed by atoms with Gasteiger partial charge in [0.25, 0.3) is 0 Å². The molecule has 1 fully saturated rings. The molecule has 1 aliphatic carbocycles. The number of anilines is 1. The quantitative estimate of drug-likeness (QED) is 0.499. The third-order valence-electron chi connectivity index (χ3n) is 5.43. The number of carbonyl (C=O) groups is 1. The molecule has 0 aromatic carbocycles. The van der Waals surface area contributed by atoms with Crippen LogP contribution >= 0.6 is 0 Å². The van der Waals surface area contributed by atoms with Crippen molar-refractivity contribution >= 4 is 28.6 Å². The molecule has 8 heteroatoms. The lowest BCUT2D eigenvalue weighted by atomic mass is 9.78. The van der Waals surface area contributed by atoms with Gasteiger partial charge in [0.1, 0.15) is 0 Å². The lowest BCUT2D eigenvalue weighted by Gasteiger charge is -2.36. The number of nitrogens with one attached hydrogen (secondary N) is 3. The van der Waals surface area contributed by atoms with Crippen molar-refractivity contribution in [3.63, 3.8) is 0 Å². The molecule has 1 unspecified atom stereocenters. The Morgan fingerprint density at radius 2 is 2.16 bits per heavy atom. The zero-order valence-electron chi connectivity index (χ0n) is 14.6. The van der Waals surface area contributed by atoms with Gasteiger partial charge in [0, 0.05) is 25.2 Å². The summed E-state index contributed by atoms with van der Waals surface area (Å²) >= 11 is 0. The van der Waals surface area contributed by atoms with E-state index in [0.29, 0.717) is 11.6 Å². The van der Waals surface area contributed by atoms with Crippen molar-refractivity contribution in [3.05, 3.63) is 18.5 Å². The number of carbonyl (C=O) groups excluding carboxylic acids is 1. The molecule has 3 rings (SSSR count). The third kappa shape index (κ3) is 3.57. The van der Waals surface area contributed by atoms with E-state index >= 15 is 0 Å². The van der Waals surface area contributed by atoms with Gasteiger partial charge in [-0.3, -0.25) is 15.3 Å². The second kappa shape index (κ2) is 7.08. The van der Waals surface area contributed by atoms with Crippen LogP contribution in [0, 0.1) is 17.2 Å². The van der Waals surface area contributed by atoms with Crippen molar-refractivity contribution < 1.29 is 4.79 Å². The predicted octanol–water partition coefficient (Wildman–Crippen LogP) is 1.92. The molecule has 1 amide bonds. The SMILES string of the molecule is CC([C@H]1CC[C@H](C(=O)Nc2ccnc3[nH]ncc23)CC1)N(C)C(=N)N. The summed E-state index contributed by atoms with van der Waals surface area (Å²) in [4.78, 5) is 18.6. The molecule has 0 aliphatic heterocycles. The highest BCUT2D eigenvalue weighted by molar-refractivity contribution is 6.00. The van der Waals surface area contributed by atoms with E-state index in [0.717, 1.165) is 36.8 Å². The highest BCUT2D eigenvalue weighted by Crippen LogP contribution is 2.33. The number of rotatable bonds is 4. The first-order valence-corrected chi connectivity index (χ1v) is 8.63. The maximum absolute atomic E-state index is 12.6. The van der Waals surface area contributed by atoms with Crippen LogP contribution in [0.1, 0.15) is 32.6 Å². The summed E-state index contributed by atoms with van der Waals surface area (Å²) in [6, 6.07) is 2.01. The first kappa shape index (κ1) is 17.2. The van der Waals surface area contributed by atoms with Crippen LogP contribution in [0.5, 0.6) is 0 Å². The first-order chi connectivity index (χ1) is 12.0. The molecule has 25 heavy (non-hydrogen) atoms. The smallest absolute Gasteiger partial charge is 0.227 e. The molecule has 0 saturated heterocycles. The number of amides is 1. The number of fused-ring (bicyclic) bond motifs is 1. The van der Waals surface area contributed by atoms with Gasteiger partial charge in [-0.2, -0.15) is 5.10 Å². The Morgan fingerprint density at radius 1 is 1.44 bits per heavy atom. The number of pyridine rings is 1. The molecule has 0 radical (unpaired) electrons. The van der Waals surface area contributed by atoms with Gasteiger partial charge in [-0.1, -0.05) is 0 Å². The normalized spacial score (nSPS) is 21.7. The molecule has 8 nitrogen and oxygen atoms in total. The summed E-state index contributed by atoms with van der Waals surface area (Å²) in [6.45, 7) is 2.10. The topological polar surface area (TPSA) is 124 Å². The van der Waals surface area contributed by atoms with Gasteiger partial charge < -0.3 is 16.0 Å². The molecule has 2 heterocycles. The number of hydrogen-bond acceptors (Lipinski definition) is 4. The monoisotopic (exact) mass is 343 g/mol. The molecule has 0 spiro atoms. The zero-order valence-corrected chi connectivity index (χ0v) is 14.6. The van der Waals surface area contributed by atoms with Crippen molar-refractivity contribution in [2.24, 2.45) is 17.6 Å². The highest BCUT2D eigenvalue weighted by Gasteiger charge is 2.31. The van der Waals surface area contributed by atoms with Crippen LogP contribution in [0.25, 0.3) is 11.0 Å². The summed E-state index contributed by atoms with van der Waals surface area (Å²) in [5.41, 5.74) is 6.99. The van der Waals surface area contributed by atoms with Crippen molar-refractivity contribution in [2.75, 3.05) is 12.4 Å². The Hall–Kier alpha value is -2.64. The Labute approximate surface area is 146 Å². The minimum Gasteiger partial charge on any atom is -0.370 e. The van der Waals surface area contributed by atoms with Crippen LogP contribution in [0.3, 0.4) is 0 Å². The number of hydrogen-bond donors (Lipinski definition) is 4. The van der Waals surface area contributed by atoms with E-state index in [9.17, 15) is 4.79 Å². The van der Waals surface area contributed by atoms with E-state index in [1.165, 1.54) is 0 Å². The lowest BCUT2D eigenvalue weighted by molar-refractivity contribution is -0.121. The molecule has 1 saturated carbocycles. The lowest BCUT2D eigenvalue weighted by Crippen LogP contribution is -2.44. The number of H-pyrrole nitrogens is 1. The Bertz CT molecular complexity index is 763. The van der Waals surface area contributed by atoms with E-state index in [1.807, 2.05) is 7.05 Å². The standard InChI is InChI=1S/C17H25N7O/c1-10(24(2)17(18)19)11-3-5-12(6-4-11)16(25)22-14-7-8-20-15-13(14)9-21-23-15/h7-12H,3-6H2,1-2H3,(H3,18,19)(H2,20,21,22,23,25)/t10?,11-,12-. The largest absolute Gasteiger partial charge is 0.370 e. The fraction of sp³-hybridized carbons (Fsp3) is 0.529. The van der Waals surface area contributed by atoms with Crippen molar-refractivity contribution in [1.29, 1.82) is 5.41 Å². The fourth-order valence-electron chi connectivity index (χ4n) is 3.59. The number of nitrogens with two attached hydrogens (primary N) is 1. The summed E-state index contributed by atoms with van der Waals surface area (Å²) in [6.07, 6.45) is 6.97. The van der Waals surface area contributed by atoms with E-state index in [1.54, 1.807) is 23.4 Å². The van der Waals surface area contributed by atoms with Crippen molar-refractivity contribution in [1.82, 2.24) is 20.1 Å². The molecular weight excluding hydrogens is 318 g/mol. The van der Waals surface area contributed by atoms with Crippen LogP contribution in [0.15, 0.2) is 18.5 Å². The van der Waals surface area contributed by atoms with E-state index in [4.69, 9.17) is 11.1 Å². The van der Waals surface area contributed by atoms with Gasteiger partial charge in [0.2, 0.25) is 5.91 Å². The number of aromatic amines is 1. The van der Waals surface area contributed by atoms with Gasteiger partial charge in [0.05, 0.1) is 17.3 Å². The molecule has 1 aliphatic rings. The molecule has 5 N–H and O–H groups in total. The zero-order chi connectivity index (χ0) is 18.0. The molecule has 2 aromatic rings. The van der Waals surface area contributed by atoms with E-state index in [2.05, 4.69) is 27.4 Å². The Morgan fingerprint density at radius 3 is 2.84 bits per heavy atom. The minimum absolute atomic E-state index is 0.0150. The average Bonchev–Trinajstić information content (AvgIpc) is 3.10. The Balaban J connectivity index is 1.58. The average molecular weight is 343 g/mol. The van der Waals surface area contributed by atoms with Gasteiger partial charge >= 0.3 is 0 Å². The fourth-order valence-corrected chi connectivity index (χ4v) is 3.59. The molecular formula is C17H25N7O. The number of nitrogens with zero attached hydrogens (tertiary/aromatic N) is 3. The van der Waals surface area contributed by atoms with Crippen LogP contribution in [-0.2, 0) is 4.79 Å². The molecule has 134 valence electrons. The van der Waals surface area contributed by atoms with Crippen LogP contribution in [-0.4, -0.2) is 45.0 Å². The van der Waals surface area contributed by atoms with Crippen LogP contribution in [0.2, 0.25) is 0 Å². The summed E-state index contributed by atoms with van der Waals surface area (Å²) in [5.74, 6) is 0.620. The summed E-state index contributed by atoms with van der Waals surface area (Å²) in [7, 11) is 1.85. The van der Waals surface area contributed by atoms with Crippen LogP contribution in [0.4, 0.5) is 5.69 Å². The van der Waals surface area contributed by atoms with Crippen molar-refractivity contribution in [3.8, 4) is 0 Å². The van der Waals surface area contributed by atoms with Gasteiger partial charge in [-0.05, 0) is 44.6 Å². The maximum atomic E-state index is 12.6. The third-order valence-corrected chi connectivity index (χ3v) is 5.43. The molecule has 2 aromatic heterocycles.